The lowest BCUT2D eigenvalue weighted by Crippen LogP contribution is -2.53. The van der Waals surface area contributed by atoms with Crippen LogP contribution in [0.5, 0.6) is 0 Å². The molecule has 138 valence electrons. The summed E-state index contributed by atoms with van der Waals surface area (Å²) in [6.45, 7) is 4.70. The van der Waals surface area contributed by atoms with Gasteiger partial charge in [0.25, 0.3) is 0 Å². The van der Waals surface area contributed by atoms with Crippen molar-refractivity contribution < 1.29 is 14.3 Å². The fraction of sp³-hybridized carbons (Fsp3) is 0.882. The van der Waals surface area contributed by atoms with E-state index in [-0.39, 0.29) is 30.3 Å². The minimum Gasteiger partial charge on any atom is -0.378 e. The summed E-state index contributed by atoms with van der Waals surface area (Å²) < 4.78 is 5.38. The van der Waals surface area contributed by atoms with E-state index in [4.69, 9.17) is 4.74 Å². The highest BCUT2D eigenvalue weighted by Gasteiger charge is 2.29. The van der Waals surface area contributed by atoms with Gasteiger partial charge in [0.2, 0.25) is 11.8 Å². The van der Waals surface area contributed by atoms with Crippen molar-refractivity contribution in [2.45, 2.75) is 44.6 Å². The summed E-state index contributed by atoms with van der Waals surface area (Å²) >= 11 is 0. The van der Waals surface area contributed by atoms with Crippen molar-refractivity contribution in [2.24, 2.45) is 5.92 Å². The van der Waals surface area contributed by atoms with Crippen molar-refractivity contribution in [3.63, 3.8) is 0 Å². The fourth-order valence-corrected chi connectivity index (χ4v) is 3.92. The van der Waals surface area contributed by atoms with Crippen molar-refractivity contribution in [3.8, 4) is 0 Å². The Morgan fingerprint density at radius 3 is 2.42 bits per heavy atom. The zero-order chi connectivity index (χ0) is 16.1. The number of carbonyl (C=O) groups is 2. The van der Waals surface area contributed by atoms with E-state index in [0.29, 0.717) is 38.6 Å². The summed E-state index contributed by atoms with van der Waals surface area (Å²) in [5.41, 5.74) is 0. The maximum Gasteiger partial charge on any atom is 0.242 e. The highest BCUT2D eigenvalue weighted by atomic mass is 35.5. The Bertz CT molecular complexity index is 423. The van der Waals surface area contributed by atoms with E-state index in [2.05, 4.69) is 5.32 Å². The second kappa shape index (κ2) is 9.59. The Kier molecular flexibility index (Phi) is 7.78. The summed E-state index contributed by atoms with van der Waals surface area (Å²) in [6, 6.07) is -0.218. The van der Waals surface area contributed by atoms with Gasteiger partial charge in [-0.2, -0.15) is 0 Å². The number of nitrogens with zero attached hydrogens (tertiary/aromatic N) is 2. The lowest BCUT2D eigenvalue weighted by atomic mass is 10.0. The number of amides is 2. The SMILES string of the molecule is Cl.O=C(CC1CCCC1)N1CCCN(C(=O)C2COCCN2)CC1. The van der Waals surface area contributed by atoms with Crippen molar-refractivity contribution >= 4 is 24.2 Å². The first-order chi connectivity index (χ1) is 11.2. The molecule has 0 aromatic heterocycles. The molecule has 3 rings (SSSR count). The zero-order valence-corrected chi connectivity index (χ0v) is 15.2. The molecule has 2 saturated heterocycles. The van der Waals surface area contributed by atoms with Crippen LogP contribution < -0.4 is 5.32 Å². The fourth-order valence-electron chi connectivity index (χ4n) is 3.92. The first kappa shape index (κ1) is 19.5. The molecule has 6 nitrogen and oxygen atoms in total. The van der Waals surface area contributed by atoms with Crippen LogP contribution in [0.25, 0.3) is 0 Å². The van der Waals surface area contributed by atoms with Crippen LogP contribution in [0.4, 0.5) is 0 Å². The Hall–Kier alpha value is -0.850. The predicted octanol–water partition coefficient (Wildman–Crippen LogP) is 1.04. The molecule has 1 saturated carbocycles. The number of ether oxygens (including phenoxy) is 1. The standard InChI is InChI=1S/C17H29N3O3.ClH/c21-16(12-14-4-1-2-5-14)19-7-3-8-20(10-9-19)17(22)15-13-23-11-6-18-15;/h14-15,18H,1-13H2;1H. The molecular weight excluding hydrogens is 330 g/mol. The average Bonchev–Trinajstić information content (AvgIpc) is 2.96. The van der Waals surface area contributed by atoms with Crippen LogP contribution in [-0.4, -0.2) is 73.6 Å². The normalized spacial score (nSPS) is 25.9. The van der Waals surface area contributed by atoms with Crippen molar-refractivity contribution in [1.29, 1.82) is 0 Å². The van der Waals surface area contributed by atoms with Gasteiger partial charge in [0, 0.05) is 39.1 Å². The Morgan fingerprint density at radius 1 is 1.00 bits per heavy atom. The van der Waals surface area contributed by atoms with E-state index < -0.39 is 0 Å². The highest BCUT2D eigenvalue weighted by molar-refractivity contribution is 5.85. The summed E-state index contributed by atoms with van der Waals surface area (Å²) in [7, 11) is 0. The van der Waals surface area contributed by atoms with E-state index in [0.717, 1.165) is 26.1 Å². The molecule has 0 spiro atoms. The molecule has 0 bridgehead atoms. The number of halogens is 1. The third kappa shape index (κ3) is 5.07. The molecular formula is C17H30ClN3O3. The van der Waals surface area contributed by atoms with Gasteiger partial charge in [0.1, 0.15) is 6.04 Å². The van der Waals surface area contributed by atoms with Crippen LogP contribution in [0.2, 0.25) is 0 Å². The lowest BCUT2D eigenvalue weighted by molar-refractivity contribution is -0.137. The second-order valence-electron chi connectivity index (χ2n) is 7.00. The largest absolute Gasteiger partial charge is 0.378 e. The number of carbonyl (C=O) groups excluding carboxylic acids is 2. The van der Waals surface area contributed by atoms with E-state index in [1.165, 1.54) is 25.7 Å². The molecule has 2 aliphatic heterocycles. The molecule has 3 fully saturated rings. The van der Waals surface area contributed by atoms with Crippen LogP contribution in [0.1, 0.15) is 38.5 Å². The van der Waals surface area contributed by atoms with E-state index in [1.54, 1.807) is 0 Å². The Labute approximate surface area is 150 Å². The average molecular weight is 360 g/mol. The molecule has 1 aliphatic carbocycles. The molecule has 0 radical (unpaired) electrons. The summed E-state index contributed by atoms with van der Waals surface area (Å²) in [5, 5.41) is 3.22. The van der Waals surface area contributed by atoms with E-state index in [1.807, 2.05) is 9.80 Å². The molecule has 0 aromatic rings. The Balaban J connectivity index is 0.00000208. The third-order valence-corrected chi connectivity index (χ3v) is 5.32. The molecule has 2 heterocycles. The van der Waals surface area contributed by atoms with Crippen molar-refractivity contribution in [1.82, 2.24) is 15.1 Å². The number of hydrogen-bond donors (Lipinski definition) is 1. The molecule has 3 aliphatic rings. The van der Waals surface area contributed by atoms with Gasteiger partial charge in [-0.25, -0.2) is 0 Å². The summed E-state index contributed by atoms with van der Waals surface area (Å²) in [6.07, 6.45) is 6.53. The van der Waals surface area contributed by atoms with Gasteiger partial charge in [-0.15, -0.1) is 12.4 Å². The number of hydrogen-bond acceptors (Lipinski definition) is 4. The first-order valence-electron chi connectivity index (χ1n) is 9.12. The molecule has 7 heteroatoms. The van der Waals surface area contributed by atoms with Gasteiger partial charge < -0.3 is 19.9 Å². The zero-order valence-electron chi connectivity index (χ0n) is 14.4. The lowest BCUT2D eigenvalue weighted by Gasteiger charge is -2.29. The van der Waals surface area contributed by atoms with Gasteiger partial charge in [0.05, 0.1) is 13.2 Å². The third-order valence-electron chi connectivity index (χ3n) is 5.32. The van der Waals surface area contributed by atoms with Gasteiger partial charge in [-0.1, -0.05) is 12.8 Å². The van der Waals surface area contributed by atoms with Crippen molar-refractivity contribution in [2.75, 3.05) is 45.9 Å². The number of nitrogens with one attached hydrogen (secondary N) is 1. The monoisotopic (exact) mass is 359 g/mol. The minimum absolute atomic E-state index is 0. The Morgan fingerprint density at radius 2 is 1.71 bits per heavy atom. The molecule has 24 heavy (non-hydrogen) atoms. The second-order valence-corrected chi connectivity index (χ2v) is 7.00. The molecule has 1 N–H and O–H groups in total. The van der Waals surface area contributed by atoms with Gasteiger partial charge >= 0.3 is 0 Å². The van der Waals surface area contributed by atoms with Crippen molar-refractivity contribution in [3.05, 3.63) is 0 Å². The molecule has 1 atom stereocenters. The van der Waals surface area contributed by atoms with Crippen LogP contribution in [0.3, 0.4) is 0 Å². The van der Waals surface area contributed by atoms with E-state index >= 15 is 0 Å². The quantitative estimate of drug-likeness (QED) is 0.817. The highest BCUT2D eigenvalue weighted by Crippen LogP contribution is 2.28. The van der Waals surface area contributed by atoms with Gasteiger partial charge in [-0.3, -0.25) is 9.59 Å². The molecule has 1 unspecified atom stereocenters. The maximum absolute atomic E-state index is 12.5. The van der Waals surface area contributed by atoms with Crippen LogP contribution in [-0.2, 0) is 14.3 Å². The van der Waals surface area contributed by atoms with Crippen LogP contribution in [0, 0.1) is 5.92 Å². The first-order valence-corrected chi connectivity index (χ1v) is 9.12. The van der Waals surface area contributed by atoms with Crippen LogP contribution in [0.15, 0.2) is 0 Å². The smallest absolute Gasteiger partial charge is 0.242 e. The van der Waals surface area contributed by atoms with Crippen LogP contribution >= 0.6 is 12.4 Å². The topological polar surface area (TPSA) is 61.9 Å². The number of morpholine rings is 1. The molecule has 0 aromatic carbocycles. The van der Waals surface area contributed by atoms with E-state index in [9.17, 15) is 9.59 Å². The van der Waals surface area contributed by atoms with Gasteiger partial charge in [0.15, 0.2) is 0 Å². The minimum atomic E-state index is -0.218. The van der Waals surface area contributed by atoms with Gasteiger partial charge in [-0.05, 0) is 25.2 Å². The summed E-state index contributed by atoms with van der Waals surface area (Å²) in [4.78, 5) is 28.9. The predicted molar refractivity (Wildman–Crippen MR) is 94.2 cm³/mol. The number of rotatable bonds is 3. The summed E-state index contributed by atoms with van der Waals surface area (Å²) in [5.74, 6) is 0.993. The maximum atomic E-state index is 12.5. The molecule has 2 amide bonds.